The van der Waals surface area contributed by atoms with Crippen molar-refractivity contribution in [3.63, 3.8) is 0 Å². The average molecular weight is 515 g/mol. The van der Waals surface area contributed by atoms with Crippen LogP contribution in [0.2, 0.25) is 0 Å². The molecule has 37 heavy (non-hydrogen) atoms. The monoisotopic (exact) mass is 514 g/mol. The van der Waals surface area contributed by atoms with Crippen LogP contribution in [0.15, 0.2) is 46.6 Å². The highest BCUT2D eigenvalue weighted by Crippen LogP contribution is 2.51. The highest BCUT2D eigenvalue weighted by atomic mass is 16.6. The molecule has 2 heterocycles. The molecule has 2 saturated heterocycles. The smallest absolute Gasteiger partial charge is 0.0949 e. The van der Waals surface area contributed by atoms with Crippen molar-refractivity contribution in [2.24, 2.45) is 0 Å². The molecule has 0 aromatic rings. The quantitative estimate of drug-likeness (QED) is 0.104. The second-order valence-corrected chi connectivity index (χ2v) is 13.2. The van der Waals surface area contributed by atoms with Crippen molar-refractivity contribution in [1.29, 1.82) is 0 Å². The molecule has 2 aliphatic rings. The van der Waals surface area contributed by atoms with E-state index in [0.717, 1.165) is 77.4 Å². The molecule has 2 fully saturated rings. The van der Waals surface area contributed by atoms with Gasteiger partial charge < -0.3 is 14.2 Å². The van der Waals surface area contributed by atoms with Gasteiger partial charge in [-0.15, -0.1) is 0 Å². The standard InChI is InChI=1S/C34H58O3/c1-27(15-11-17-29(3)21-23-33(9)31(5,6)36-33)19-13-25-35-26-14-20-28(2)16-12-18-30(4)22-24-34(10)32(7,8)37-34/h17-20H,11-16,21-26H2,1-10H3/b27-19+,28-20+,29-17+,30-18+. The first kappa shape index (κ1) is 32.1. The van der Waals surface area contributed by atoms with Crippen molar-refractivity contribution >= 4 is 0 Å². The minimum absolute atomic E-state index is 0.0582. The second-order valence-electron chi connectivity index (χ2n) is 13.2. The third kappa shape index (κ3) is 10.9. The minimum Gasteiger partial charge on any atom is -0.381 e. The Balaban J connectivity index is 1.47. The summed E-state index contributed by atoms with van der Waals surface area (Å²) in [7, 11) is 0. The summed E-state index contributed by atoms with van der Waals surface area (Å²) in [6.07, 6.45) is 20.5. The lowest BCUT2D eigenvalue weighted by molar-refractivity contribution is 0.143. The molecule has 2 unspecified atom stereocenters. The summed E-state index contributed by atoms with van der Waals surface area (Å²) in [4.78, 5) is 0. The predicted molar refractivity (Wildman–Crippen MR) is 159 cm³/mol. The Kier molecular flexibility index (Phi) is 11.9. The molecule has 0 aromatic carbocycles. The summed E-state index contributed by atoms with van der Waals surface area (Å²) < 4.78 is 17.6. The van der Waals surface area contributed by atoms with Crippen LogP contribution < -0.4 is 0 Å². The molecule has 0 radical (unpaired) electrons. The summed E-state index contributed by atoms with van der Waals surface area (Å²) in [6.45, 7) is 23.9. The molecule has 0 N–H and O–H groups in total. The van der Waals surface area contributed by atoms with E-state index in [1.807, 2.05) is 0 Å². The lowest BCUT2D eigenvalue weighted by Crippen LogP contribution is -2.16. The maximum Gasteiger partial charge on any atom is 0.0949 e. The van der Waals surface area contributed by atoms with Crippen LogP contribution >= 0.6 is 0 Å². The van der Waals surface area contributed by atoms with Crippen LogP contribution in [0.4, 0.5) is 0 Å². The van der Waals surface area contributed by atoms with Gasteiger partial charge in [-0.05, 0) is 133 Å². The molecule has 0 aromatic heterocycles. The number of epoxide rings is 2. The number of hydrogen-bond donors (Lipinski definition) is 0. The largest absolute Gasteiger partial charge is 0.381 e. The average Bonchev–Trinajstić information content (AvgIpc) is 3.53. The third-order valence-electron chi connectivity index (χ3n) is 8.99. The first-order valence-corrected chi connectivity index (χ1v) is 14.8. The lowest BCUT2D eigenvalue weighted by Gasteiger charge is -2.09. The van der Waals surface area contributed by atoms with E-state index in [2.05, 4.69) is 93.5 Å². The van der Waals surface area contributed by atoms with Crippen LogP contribution in [0.5, 0.6) is 0 Å². The molecule has 0 spiro atoms. The van der Waals surface area contributed by atoms with Gasteiger partial charge in [0.15, 0.2) is 0 Å². The van der Waals surface area contributed by atoms with Crippen molar-refractivity contribution < 1.29 is 14.2 Å². The molecule has 0 bridgehead atoms. The fourth-order valence-corrected chi connectivity index (χ4v) is 5.03. The minimum atomic E-state index is 0.0582. The summed E-state index contributed by atoms with van der Waals surface area (Å²) in [6, 6.07) is 0. The van der Waals surface area contributed by atoms with Gasteiger partial charge in [-0.2, -0.15) is 0 Å². The van der Waals surface area contributed by atoms with Gasteiger partial charge in [0.2, 0.25) is 0 Å². The van der Waals surface area contributed by atoms with E-state index < -0.39 is 0 Å². The van der Waals surface area contributed by atoms with E-state index in [1.54, 1.807) is 0 Å². The van der Waals surface area contributed by atoms with Crippen LogP contribution in [0.1, 0.15) is 133 Å². The summed E-state index contributed by atoms with van der Waals surface area (Å²) >= 11 is 0. The number of allylic oxidation sites excluding steroid dienone is 6. The normalized spacial score (nSPS) is 27.5. The zero-order chi connectivity index (χ0) is 27.7. The molecule has 212 valence electrons. The lowest BCUT2D eigenvalue weighted by atomic mass is 9.91. The van der Waals surface area contributed by atoms with Gasteiger partial charge in [0.25, 0.3) is 0 Å². The van der Waals surface area contributed by atoms with Crippen molar-refractivity contribution in [2.45, 2.75) is 156 Å². The number of ether oxygens (including phenoxy) is 3. The molecule has 0 saturated carbocycles. The highest BCUT2D eigenvalue weighted by Gasteiger charge is 2.59. The van der Waals surface area contributed by atoms with E-state index in [0.29, 0.717) is 0 Å². The zero-order valence-corrected chi connectivity index (χ0v) is 26.0. The molecule has 0 aliphatic carbocycles. The van der Waals surface area contributed by atoms with Crippen LogP contribution in [0.25, 0.3) is 0 Å². The van der Waals surface area contributed by atoms with Gasteiger partial charge >= 0.3 is 0 Å². The maximum atomic E-state index is 5.86. The number of rotatable bonds is 18. The SMILES string of the molecule is C/C(=C\CCOCC/C=C(\C)CC/C=C(\C)CCC1(C)OC1(C)C)CC/C=C(\C)CCC1(C)OC1(C)C. The van der Waals surface area contributed by atoms with Gasteiger partial charge in [0.05, 0.1) is 35.6 Å². The van der Waals surface area contributed by atoms with Crippen LogP contribution in [-0.2, 0) is 14.2 Å². The third-order valence-corrected chi connectivity index (χ3v) is 8.99. The van der Waals surface area contributed by atoms with E-state index in [4.69, 9.17) is 14.2 Å². The van der Waals surface area contributed by atoms with Crippen molar-refractivity contribution in [3.05, 3.63) is 46.6 Å². The second kappa shape index (κ2) is 13.8. The van der Waals surface area contributed by atoms with Crippen LogP contribution in [0.3, 0.4) is 0 Å². The molecule has 2 aliphatic heterocycles. The fraction of sp³-hybridized carbons (Fsp3) is 0.765. The molecule has 2 atom stereocenters. The van der Waals surface area contributed by atoms with E-state index >= 15 is 0 Å². The molecule has 3 heteroatoms. The zero-order valence-electron chi connectivity index (χ0n) is 26.0. The summed E-state index contributed by atoms with van der Waals surface area (Å²) in [5, 5.41) is 0. The van der Waals surface area contributed by atoms with E-state index in [1.165, 1.54) is 22.3 Å². The molecule has 3 nitrogen and oxygen atoms in total. The Morgan fingerprint density at radius 3 is 1.14 bits per heavy atom. The molecule has 2 rings (SSSR count). The van der Waals surface area contributed by atoms with Gasteiger partial charge in [0.1, 0.15) is 0 Å². The molecular weight excluding hydrogens is 456 g/mol. The van der Waals surface area contributed by atoms with Crippen molar-refractivity contribution in [2.75, 3.05) is 13.2 Å². The van der Waals surface area contributed by atoms with Crippen LogP contribution in [0, 0.1) is 0 Å². The molecule has 0 amide bonds. The van der Waals surface area contributed by atoms with Gasteiger partial charge in [-0.25, -0.2) is 0 Å². The first-order chi connectivity index (χ1) is 17.2. The topological polar surface area (TPSA) is 34.3 Å². The Hall–Kier alpha value is -1.16. The number of hydrogen-bond acceptors (Lipinski definition) is 3. The highest BCUT2D eigenvalue weighted by molar-refractivity contribution is 5.12. The summed E-state index contributed by atoms with van der Waals surface area (Å²) in [5.41, 5.74) is 6.17. The van der Waals surface area contributed by atoms with Crippen molar-refractivity contribution in [3.8, 4) is 0 Å². The van der Waals surface area contributed by atoms with E-state index in [9.17, 15) is 0 Å². The molecular formula is C34H58O3. The van der Waals surface area contributed by atoms with Crippen molar-refractivity contribution in [1.82, 2.24) is 0 Å². The Morgan fingerprint density at radius 2 is 0.811 bits per heavy atom. The van der Waals surface area contributed by atoms with E-state index in [-0.39, 0.29) is 22.4 Å². The van der Waals surface area contributed by atoms with Gasteiger partial charge in [0, 0.05) is 0 Å². The van der Waals surface area contributed by atoms with Crippen LogP contribution in [-0.4, -0.2) is 35.6 Å². The fourth-order valence-electron chi connectivity index (χ4n) is 5.03. The van der Waals surface area contributed by atoms with Gasteiger partial charge in [-0.1, -0.05) is 46.6 Å². The predicted octanol–water partition coefficient (Wildman–Crippen LogP) is 9.82. The Bertz CT molecular complexity index is 786. The Labute approximate surface area is 229 Å². The maximum absolute atomic E-state index is 5.86. The van der Waals surface area contributed by atoms with Gasteiger partial charge in [-0.3, -0.25) is 0 Å². The summed E-state index contributed by atoms with van der Waals surface area (Å²) in [5.74, 6) is 0. The first-order valence-electron chi connectivity index (χ1n) is 14.8. The Morgan fingerprint density at radius 1 is 0.514 bits per heavy atom.